The third-order valence-electron chi connectivity index (χ3n) is 2.02. The molecule has 0 aromatic heterocycles. The first-order chi connectivity index (χ1) is 8.73. The highest BCUT2D eigenvalue weighted by molar-refractivity contribution is 5.76. The first-order valence-electron chi connectivity index (χ1n) is 4.79. The van der Waals surface area contributed by atoms with Gasteiger partial charge < -0.3 is 5.43 Å². The Morgan fingerprint density at radius 2 is 1.37 bits per heavy atom. The van der Waals surface area contributed by atoms with Gasteiger partial charge in [0.05, 0.1) is 26.9 Å². The maximum absolute atomic E-state index is 10.9. The lowest BCUT2D eigenvalue weighted by Gasteiger charge is -2.13. The molecule has 19 heavy (non-hydrogen) atoms. The third kappa shape index (κ3) is 3.10. The maximum Gasteiger partial charge on any atom is 0.307 e. The fourth-order valence-corrected chi connectivity index (χ4v) is 1.33. The van der Waals surface area contributed by atoms with Crippen LogP contribution in [0.3, 0.4) is 0 Å². The normalized spacial score (nSPS) is 10.3. The number of nitro benzene ring substituents is 3. The van der Waals surface area contributed by atoms with Crippen molar-refractivity contribution in [2.75, 3.05) is 19.5 Å². The molecule has 0 bridgehead atoms. The van der Waals surface area contributed by atoms with E-state index in [0.29, 0.717) is 12.1 Å². The molecule has 0 radical (unpaired) electrons. The van der Waals surface area contributed by atoms with Crippen LogP contribution in [-0.2, 0) is 0 Å². The van der Waals surface area contributed by atoms with Crippen molar-refractivity contribution in [3.63, 3.8) is 0 Å². The zero-order valence-electron chi connectivity index (χ0n) is 9.89. The van der Waals surface area contributed by atoms with Crippen molar-refractivity contribution in [3.05, 3.63) is 42.5 Å². The molecule has 1 aromatic rings. The quantitative estimate of drug-likeness (QED) is 0.622. The number of hydrogen-bond donors (Lipinski definition) is 1. The number of hydrogen-bond acceptors (Lipinski definition) is 8. The van der Waals surface area contributed by atoms with E-state index in [1.165, 1.54) is 19.1 Å². The number of non-ortho nitro benzene ring substituents is 1. The smallest absolute Gasteiger partial charge is 0.307 e. The first kappa shape index (κ1) is 14.2. The molecule has 0 spiro atoms. The minimum Gasteiger partial charge on any atom is -0.308 e. The van der Waals surface area contributed by atoms with Crippen molar-refractivity contribution < 1.29 is 14.8 Å². The number of benzene rings is 1. The van der Waals surface area contributed by atoms with E-state index in [2.05, 4.69) is 5.43 Å². The Morgan fingerprint density at radius 3 is 1.63 bits per heavy atom. The fourth-order valence-electron chi connectivity index (χ4n) is 1.33. The van der Waals surface area contributed by atoms with Crippen LogP contribution in [0.15, 0.2) is 12.1 Å². The lowest BCUT2D eigenvalue weighted by Crippen LogP contribution is -2.21. The molecule has 0 aliphatic heterocycles. The van der Waals surface area contributed by atoms with Crippen molar-refractivity contribution in [2.45, 2.75) is 0 Å². The van der Waals surface area contributed by atoms with Gasteiger partial charge in [0, 0.05) is 14.1 Å². The van der Waals surface area contributed by atoms with Crippen LogP contribution in [0, 0.1) is 30.3 Å². The van der Waals surface area contributed by atoms with Crippen molar-refractivity contribution in [3.8, 4) is 0 Å². The van der Waals surface area contributed by atoms with Crippen LogP contribution in [0.5, 0.6) is 0 Å². The van der Waals surface area contributed by atoms with Crippen molar-refractivity contribution in [1.29, 1.82) is 0 Å². The van der Waals surface area contributed by atoms with Crippen LogP contribution in [0.1, 0.15) is 0 Å². The lowest BCUT2D eigenvalue weighted by atomic mass is 10.2. The van der Waals surface area contributed by atoms with E-state index in [1.807, 2.05) is 0 Å². The van der Waals surface area contributed by atoms with Crippen LogP contribution < -0.4 is 5.43 Å². The SMILES string of the molecule is CN(C)Nc1c([N+](=O)[O-])cc([N+](=O)[O-])cc1[N+](=O)[O-]. The third-order valence-corrected chi connectivity index (χ3v) is 2.02. The monoisotopic (exact) mass is 271 g/mol. The summed E-state index contributed by atoms with van der Waals surface area (Å²) in [6.45, 7) is 0. The summed E-state index contributed by atoms with van der Waals surface area (Å²) in [7, 11) is 2.93. The molecule has 1 aromatic carbocycles. The molecule has 0 heterocycles. The zero-order valence-corrected chi connectivity index (χ0v) is 9.89. The van der Waals surface area contributed by atoms with Crippen LogP contribution in [-0.4, -0.2) is 33.9 Å². The number of nitro groups is 3. The number of nitrogens with zero attached hydrogens (tertiary/aromatic N) is 4. The van der Waals surface area contributed by atoms with E-state index in [0.717, 1.165) is 0 Å². The molecule has 1 N–H and O–H groups in total. The second kappa shape index (κ2) is 5.22. The average molecular weight is 271 g/mol. The molecule has 0 atom stereocenters. The maximum atomic E-state index is 10.9. The molecule has 0 unspecified atom stereocenters. The minimum atomic E-state index is -0.931. The number of anilines is 1. The predicted molar refractivity (Wildman–Crippen MR) is 63.7 cm³/mol. The molecule has 102 valence electrons. The largest absolute Gasteiger partial charge is 0.308 e. The molecular formula is C8H9N5O6. The van der Waals surface area contributed by atoms with Crippen molar-refractivity contribution >= 4 is 22.7 Å². The number of rotatable bonds is 5. The summed E-state index contributed by atoms with van der Waals surface area (Å²) in [4.78, 5) is 29.5. The van der Waals surface area contributed by atoms with E-state index in [4.69, 9.17) is 0 Å². The summed E-state index contributed by atoms with van der Waals surface area (Å²) in [6, 6.07) is 1.33. The van der Waals surface area contributed by atoms with Crippen LogP contribution in [0.2, 0.25) is 0 Å². The number of nitrogens with one attached hydrogen (secondary N) is 1. The second-order valence-electron chi connectivity index (χ2n) is 3.64. The zero-order chi connectivity index (χ0) is 14.7. The van der Waals surface area contributed by atoms with Crippen LogP contribution in [0.25, 0.3) is 0 Å². The molecule has 11 nitrogen and oxygen atoms in total. The Balaban J connectivity index is 3.60. The van der Waals surface area contributed by atoms with Gasteiger partial charge in [-0.05, 0) is 0 Å². The van der Waals surface area contributed by atoms with Gasteiger partial charge in [0.2, 0.25) is 5.69 Å². The molecule has 0 fully saturated rings. The Kier molecular flexibility index (Phi) is 3.91. The van der Waals surface area contributed by atoms with E-state index in [9.17, 15) is 30.3 Å². The Bertz CT molecular complexity index is 522. The minimum absolute atomic E-state index is 0.411. The van der Waals surface area contributed by atoms with Crippen LogP contribution >= 0.6 is 0 Å². The summed E-state index contributed by atoms with van der Waals surface area (Å²) in [5.74, 6) is 0. The van der Waals surface area contributed by atoms with Crippen molar-refractivity contribution in [1.82, 2.24) is 5.01 Å². The summed E-state index contributed by atoms with van der Waals surface area (Å²) in [6.07, 6.45) is 0. The fraction of sp³-hybridized carbons (Fsp3) is 0.250. The highest BCUT2D eigenvalue weighted by atomic mass is 16.6. The van der Waals surface area contributed by atoms with Gasteiger partial charge in [-0.15, -0.1) is 0 Å². The molecule has 0 saturated carbocycles. The average Bonchev–Trinajstić information content (AvgIpc) is 2.27. The van der Waals surface area contributed by atoms with Gasteiger partial charge in [0.15, 0.2) is 0 Å². The van der Waals surface area contributed by atoms with E-state index >= 15 is 0 Å². The highest BCUT2D eigenvalue weighted by Crippen LogP contribution is 2.38. The van der Waals surface area contributed by atoms with E-state index in [1.54, 1.807) is 0 Å². The Morgan fingerprint density at radius 1 is 0.947 bits per heavy atom. The van der Waals surface area contributed by atoms with E-state index in [-0.39, 0.29) is 0 Å². The van der Waals surface area contributed by atoms with Gasteiger partial charge in [-0.1, -0.05) is 0 Å². The standard InChI is InChI=1S/C8H9N5O6/c1-10(2)9-8-6(12(16)17)3-5(11(14)15)4-7(8)13(18)19/h3-4,9H,1-2H3. The Labute approximate surface area is 105 Å². The topological polar surface area (TPSA) is 145 Å². The van der Waals surface area contributed by atoms with Gasteiger partial charge in [-0.25, -0.2) is 5.01 Å². The second-order valence-corrected chi connectivity index (χ2v) is 3.64. The highest BCUT2D eigenvalue weighted by Gasteiger charge is 2.30. The van der Waals surface area contributed by atoms with Gasteiger partial charge in [-0.2, -0.15) is 0 Å². The summed E-state index contributed by atoms with van der Waals surface area (Å²) in [5, 5.41) is 33.6. The van der Waals surface area contributed by atoms with Crippen molar-refractivity contribution in [2.24, 2.45) is 0 Å². The first-order valence-corrected chi connectivity index (χ1v) is 4.79. The molecule has 0 aliphatic carbocycles. The molecule has 11 heteroatoms. The molecular weight excluding hydrogens is 262 g/mol. The summed E-state index contributed by atoms with van der Waals surface area (Å²) < 4.78 is 0. The van der Waals surface area contributed by atoms with Gasteiger partial charge in [0.1, 0.15) is 0 Å². The lowest BCUT2D eigenvalue weighted by molar-refractivity contribution is -0.402. The van der Waals surface area contributed by atoms with Crippen LogP contribution in [0.4, 0.5) is 22.7 Å². The summed E-state index contributed by atoms with van der Waals surface area (Å²) >= 11 is 0. The molecule has 1 rings (SSSR count). The van der Waals surface area contributed by atoms with Gasteiger partial charge in [-0.3, -0.25) is 30.3 Å². The number of hydrazine groups is 1. The van der Waals surface area contributed by atoms with Gasteiger partial charge >= 0.3 is 11.4 Å². The molecule has 0 amide bonds. The van der Waals surface area contributed by atoms with Gasteiger partial charge in [0.25, 0.3) is 5.69 Å². The predicted octanol–water partition coefficient (Wildman–Crippen LogP) is 1.30. The Hall–Kier alpha value is -2.82. The van der Waals surface area contributed by atoms with E-state index < -0.39 is 37.5 Å². The molecule has 0 saturated heterocycles. The molecule has 0 aliphatic rings. The summed E-state index contributed by atoms with van der Waals surface area (Å²) in [5.41, 5.74) is -0.215.